The first-order valence-corrected chi connectivity index (χ1v) is 12.3. The molecule has 30 heavy (non-hydrogen) atoms. The molecule has 1 aliphatic rings. The van der Waals surface area contributed by atoms with E-state index in [4.69, 9.17) is 0 Å². The van der Waals surface area contributed by atoms with E-state index >= 15 is 0 Å². The van der Waals surface area contributed by atoms with Gasteiger partial charge >= 0.3 is 0 Å². The normalized spacial score (nSPS) is 16.6. The van der Waals surface area contributed by atoms with E-state index in [1.54, 1.807) is 24.3 Å². The minimum atomic E-state index is -4.12. The van der Waals surface area contributed by atoms with Gasteiger partial charge in [-0.25, -0.2) is 16.8 Å². The third kappa shape index (κ3) is 4.24. The van der Waals surface area contributed by atoms with Gasteiger partial charge in [-0.1, -0.05) is 38.1 Å². The molecular weight excluding hydrogens is 430 g/mol. The first kappa shape index (κ1) is 22.3. The smallest absolute Gasteiger partial charge is 0.258 e. The Bertz CT molecular complexity index is 1140. The number of rotatable bonds is 6. The van der Waals surface area contributed by atoms with Gasteiger partial charge in [-0.05, 0) is 29.7 Å². The maximum absolute atomic E-state index is 12.9. The summed E-state index contributed by atoms with van der Waals surface area (Å²) < 4.78 is 53.9. The zero-order valence-electron chi connectivity index (χ0n) is 16.6. The van der Waals surface area contributed by atoms with Crippen molar-refractivity contribution in [3.8, 4) is 0 Å². The average molecular weight is 454 g/mol. The van der Waals surface area contributed by atoms with Gasteiger partial charge in [0, 0.05) is 32.2 Å². The van der Waals surface area contributed by atoms with E-state index in [1.165, 1.54) is 22.5 Å². The molecule has 1 heterocycles. The first-order chi connectivity index (χ1) is 14.0. The maximum atomic E-state index is 12.9. The molecule has 2 aromatic rings. The van der Waals surface area contributed by atoms with Crippen molar-refractivity contribution in [2.45, 2.75) is 29.6 Å². The highest BCUT2D eigenvalue weighted by Crippen LogP contribution is 2.28. The van der Waals surface area contributed by atoms with E-state index in [0.29, 0.717) is 0 Å². The van der Waals surface area contributed by atoms with Crippen LogP contribution in [0, 0.1) is 10.1 Å². The largest absolute Gasteiger partial charge is 0.289 e. The van der Waals surface area contributed by atoms with E-state index in [9.17, 15) is 26.9 Å². The molecule has 0 spiro atoms. The van der Waals surface area contributed by atoms with Gasteiger partial charge in [0.1, 0.15) is 0 Å². The second-order valence-corrected chi connectivity index (χ2v) is 11.1. The first-order valence-electron chi connectivity index (χ1n) is 9.39. The summed E-state index contributed by atoms with van der Waals surface area (Å²) in [6, 6.07) is 11.8. The van der Waals surface area contributed by atoms with E-state index in [2.05, 4.69) is 0 Å². The maximum Gasteiger partial charge on any atom is 0.289 e. The Morgan fingerprint density at radius 3 is 1.83 bits per heavy atom. The molecular formula is C19H23N3O6S2. The zero-order valence-corrected chi connectivity index (χ0v) is 18.3. The van der Waals surface area contributed by atoms with E-state index in [0.717, 1.165) is 15.9 Å². The molecule has 1 fully saturated rings. The van der Waals surface area contributed by atoms with Crippen molar-refractivity contribution < 1.29 is 21.8 Å². The number of para-hydroxylation sites is 1. The Hall–Kier alpha value is -2.34. The lowest BCUT2D eigenvalue weighted by molar-refractivity contribution is -0.387. The summed E-state index contributed by atoms with van der Waals surface area (Å²) in [5.74, 6) is 0.276. The Morgan fingerprint density at radius 2 is 1.33 bits per heavy atom. The Morgan fingerprint density at radius 1 is 0.833 bits per heavy atom. The molecule has 0 aromatic heterocycles. The van der Waals surface area contributed by atoms with Gasteiger partial charge in [0.05, 0.1) is 9.82 Å². The highest BCUT2D eigenvalue weighted by molar-refractivity contribution is 7.89. The van der Waals surface area contributed by atoms with E-state index < -0.39 is 35.6 Å². The number of nitro benzene ring substituents is 1. The molecule has 0 aliphatic carbocycles. The topological polar surface area (TPSA) is 118 Å². The lowest BCUT2D eigenvalue weighted by atomic mass is 10.0. The van der Waals surface area contributed by atoms with Gasteiger partial charge in [0.15, 0.2) is 4.90 Å². The summed E-state index contributed by atoms with van der Waals surface area (Å²) in [5, 5.41) is 11.2. The average Bonchev–Trinajstić information content (AvgIpc) is 2.73. The quantitative estimate of drug-likeness (QED) is 0.490. The summed E-state index contributed by atoms with van der Waals surface area (Å²) in [6.07, 6.45) is 0. The second-order valence-electron chi connectivity index (χ2n) is 7.26. The molecule has 1 saturated heterocycles. The van der Waals surface area contributed by atoms with Crippen molar-refractivity contribution in [1.29, 1.82) is 0 Å². The molecule has 0 amide bonds. The molecule has 162 valence electrons. The minimum Gasteiger partial charge on any atom is -0.258 e. The van der Waals surface area contributed by atoms with Crippen LogP contribution in [-0.4, -0.2) is 56.5 Å². The molecule has 11 heteroatoms. The van der Waals surface area contributed by atoms with Crippen molar-refractivity contribution in [2.24, 2.45) is 0 Å². The summed E-state index contributed by atoms with van der Waals surface area (Å²) in [6.45, 7) is 3.79. The van der Waals surface area contributed by atoms with Crippen LogP contribution in [0.5, 0.6) is 0 Å². The summed E-state index contributed by atoms with van der Waals surface area (Å²) >= 11 is 0. The monoisotopic (exact) mass is 453 g/mol. The molecule has 0 radical (unpaired) electrons. The summed E-state index contributed by atoms with van der Waals surface area (Å²) in [5.41, 5.74) is 0.520. The number of hydrogen-bond acceptors (Lipinski definition) is 6. The fraction of sp³-hybridized carbons (Fsp3) is 0.368. The van der Waals surface area contributed by atoms with Crippen LogP contribution in [0.2, 0.25) is 0 Å². The lowest BCUT2D eigenvalue weighted by Gasteiger charge is -2.33. The van der Waals surface area contributed by atoms with Gasteiger partial charge in [-0.15, -0.1) is 0 Å². The van der Waals surface area contributed by atoms with Crippen LogP contribution < -0.4 is 0 Å². The number of benzene rings is 2. The van der Waals surface area contributed by atoms with Crippen molar-refractivity contribution in [3.63, 3.8) is 0 Å². The third-order valence-corrected chi connectivity index (χ3v) is 8.92. The van der Waals surface area contributed by atoms with Gasteiger partial charge < -0.3 is 0 Å². The number of piperazine rings is 1. The third-order valence-electron chi connectivity index (χ3n) is 5.06. The highest BCUT2D eigenvalue weighted by Gasteiger charge is 2.36. The molecule has 3 rings (SSSR count). The van der Waals surface area contributed by atoms with Crippen LogP contribution >= 0.6 is 0 Å². The molecule has 0 N–H and O–H groups in total. The lowest BCUT2D eigenvalue weighted by Crippen LogP contribution is -2.50. The van der Waals surface area contributed by atoms with Crippen molar-refractivity contribution in [3.05, 3.63) is 64.2 Å². The predicted octanol–water partition coefficient (Wildman–Crippen LogP) is 2.41. The number of sulfonamides is 2. The number of hydrogen-bond donors (Lipinski definition) is 0. The zero-order chi connectivity index (χ0) is 22.1. The fourth-order valence-corrected chi connectivity index (χ4v) is 6.29. The van der Waals surface area contributed by atoms with Crippen LogP contribution in [0.1, 0.15) is 25.3 Å². The number of nitrogens with zero attached hydrogens (tertiary/aromatic N) is 3. The van der Waals surface area contributed by atoms with Crippen molar-refractivity contribution >= 4 is 25.7 Å². The van der Waals surface area contributed by atoms with Gasteiger partial charge in [0.25, 0.3) is 5.69 Å². The van der Waals surface area contributed by atoms with Gasteiger partial charge in [-0.3, -0.25) is 10.1 Å². The van der Waals surface area contributed by atoms with Crippen molar-refractivity contribution in [1.82, 2.24) is 8.61 Å². The van der Waals surface area contributed by atoms with E-state index in [-0.39, 0.29) is 37.0 Å². The van der Waals surface area contributed by atoms with Gasteiger partial charge in [0.2, 0.25) is 20.0 Å². The van der Waals surface area contributed by atoms with Gasteiger partial charge in [-0.2, -0.15) is 8.61 Å². The van der Waals surface area contributed by atoms with Crippen LogP contribution in [-0.2, 0) is 20.0 Å². The highest BCUT2D eigenvalue weighted by atomic mass is 32.2. The Labute approximate surface area is 176 Å². The van der Waals surface area contributed by atoms with Crippen molar-refractivity contribution in [2.75, 3.05) is 26.2 Å². The molecule has 9 nitrogen and oxygen atoms in total. The fourth-order valence-electron chi connectivity index (χ4n) is 3.29. The van der Waals surface area contributed by atoms with Crippen LogP contribution in [0.4, 0.5) is 5.69 Å². The molecule has 0 bridgehead atoms. The van der Waals surface area contributed by atoms with Crippen LogP contribution in [0.15, 0.2) is 58.3 Å². The summed E-state index contributed by atoms with van der Waals surface area (Å²) in [7, 11) is -7.87. The second kappa shape index (κ2) is 8.42. The molecule has 0 saturated carbocycles. The molecule has 1 aliphatic heterocycles. The Kier molecular flexibility index (Phi) is 6.27. The predicted molar refractivity (Wildman–Crippen MR) is 111 cm³/mol. The standard InChI is InChI=1S/C19H23N3O6S2/c1-15(2)16-7-9-17(10-8-16)29(25,26)20-11-13-21(14-12-20)30(27,28)19-6-4-3-5-18(19)22(23)24/h3-10,15H,11-14H2,1-2H3. The SMILES string of the molecule is CC(C)c1ccc(S(=O)(=O)N2CCN(S(=O)(=O)c3ccccc3[N+](=O)[O-])CC2)cc1. The number of nitro groups is 1. The summed E-state index contributed by atoms with van der Waals surface area (Å²) in [4.78, 5) is 10.2. The molecule has 0 unspecified atom stereocenters. The van der Waals surface area contributed by atoms with Crippen LogP contribution in [0.3, 0.4) is 0 Å². The van der Waals surface area contributed by atoms with Crippen LogP contribution in [0.25, 0.3) is 0 Å². The Balaban J connectivity index is 1.78. The minimum absolute atomic E-state index is 0.0336. The van der Waals surface area contributed by atoms with E-state index in [1.807, 2.05) is 13.8 Å². The molecule has 0 atom stereocenters. The molecule has 2 aromatic carbocycles.